The molecule has 0 aliphatic rings. The van der Waals surface area contributed by atoms with Crippen molar-refractivity contribution in [2.24, 2.45) is 0 Å². The molecule has 0 saturated carbocycles. The average Bonchev–Trinajstić information content (AvgIpc) is 2.39. The van der Waals surface area contributed by atoms with E-state index < -0.39 is 0 Å². The van der Waals surface area contributed by atoms with Crippen LogP contribution in [0.2, 0.25) is 0 Å². The number of carbonyl (C=O) groups is 1. The number of rotatable bonds is 12. The minimum absolute atomic E-state index is 0.175. The van der Waals surface area contributed by atoms with Gasteiger partial charge in [0, 0.05) is 6.92 Å². The van der Waals surface area contributed by atoms with E-state index in [1.165, 1.54) is 39.0 Å². The van der Waals surface area contributed by atoms with Gasteiger partial charge in [-0.1, -0.05) is 44.1 Å². The molecule has 0 aliphatic carbocycles. The van der Waals surface area contributed by atoms with Crippen molar-refractivity contribution in [3.8, 4) is 0 Å². The van der Waals surface area contributed by atoms with Crippen LogP contribution in [0.15, 0.2) is 24.3 Å². The highest BCUT2D eigenvalue weighted by Crippen LogP contribution is 2.03. The summed E-state index contributed by atoms with van der Waals surface area (Å²) in [5.41, 5.74) is 0. The van der Waals surface area contributed by atoms with E-state index in [4.69, 9.17) is 4.74 Å². The summed E-state index contributed by atoms with van der Waals surface area (Å²) in [6.07, 6.45) is 19.7. The Hall–Kier alpha value is -1.05. The predicted molar refractivity (Wildman–Crippen MR) is 82.1 cm³/mol. The number of allylic oxidation sites excluding steroid dienone is 4. The molecule has 2 heteroatoms. The fraction of sp³-hybridized carbons (Fsp3) is 0.706. The fourth-order valence-corrected chi connectivity index (χ4v) is 1.78. The topological polar surface area (TPSA) is 26.3 Å². The Morgan fingerprint density at radius 1 is 0.895 bits per heavy atom. The van der Waals surface area contributed by atoms with Gasteiger partial charge in [-0.05, 0) is 44.9 Å². The van der Waals surface area contributed by atoms with Crippen LogP contribution in [0.3, 0.4) is 0 Å². The standard InChI is InChI=1S/C17H30O2/c1-3-4-5-6-7-8-9-10-11-12-13-14-15-16-19-17(2)18/h7-8,10-11H,3-6,9,12-16H2,1-2H3. The van der Waals surface area contributed by atoms with Crippen molar-refractivity contribution < 1.29 is 9.53 Å². The molecule has 19 heavy (non-hydrogen) atoms. The highest BCUT2D eigenvalue weighted by molar-refractivity contribution is 5.65. The first-order chi connectivity index (χ1) is 9.27. The highest BCUT2D eigenvalue weighted by Gasteiger charge is 1.92. The van der Waals surface area contributed by atoms with Gasteiger partial charge in [0.2, 0.25) is 0 Å². The van der Waals surface area contributed by atoms with Gasteiger partial charge < -0.3 is 4.74 Å². The van der Waals surface area contributed by atoms with Crippen molar-refractivity contribution >= 4 is 5.97 Å². The van der Waals surface area contributed by atoms with Crippen molar-refractivity contribution in [2.45, 2.75) is 71.6 Å². The normalized spacial score (nSPS) is 11.5. The second-order valence-corrected chi connectivity index (χ2v) is 4.86. The summed E-state index contributed by atoms with van der Waals surface area (Å²) in [6.45, 7) is 4.26. The number of unbranched alkanes of at least 4 members (excludes halogenated alkanes) is 6. The van der Waals surface area contributed by atoms with Gasteiger partial charge in [0.1, 0.15) is 0 Å². The Balaban J connectivity index is 3.19. The maximum atomic E-state index is 10.5. The molecule has 0 aromatic heterocycles. The molecule has 0 atom stereocenters. The van der Waals surface area contributed by atoms with Crippen LogP contribution in [0, 0.1) is 0 Å². The monoisotopic (exact) mass is 266 g/mol. The van der Waals surface area contributed by atoms with E-state index in [1.807, 2.05) is 0 Å². The Bertz CT molecular complexity index is 254. The smallest absolute Gasteiger partial charge is 0.302 e. The van der Waals surface area contributed by atoms with Crippen LogP contribution in [0.25, 0.3) is 0 Å². The first-order valence-electron chi connectivity index (χ1n) is 7.70. The zero-order chi connectivity index (χ0) is 14.2. The second-order valence-electron chi connectivity index (χ2n) is 4.86. The van der Waals surface area contributed by atoms with Gasteiger partial charge in [0.25, 0.3) is 0 Å². The minimum Gasteiger partial charge on any atom is -0.466 e. The van der Waals surface area contributed by atoms with Gasteiger partial charge in [-0.15, -0.1) is 0 Å². The number of esters is 1. The van der Waals surface area contributed by atoms with E-state index in [1.54, 1.807) is 0 Å². The molecule has 0 amide bonds. The lowest BCUT2D eigenvalue weighted by molar-refractivity contribution is -0.141. The van der Waals surface area contributed by atoms with Crippen molar-refractivity contribution in [3.05, 3.63) is 24.3 Å². The summed E-state index contributed by atoms with van der Waals surface area (Å²) in [4.78, 5) is 10.5. The van der Waals surface area contributed by atoms with Crippen LogP contribution >= 0.6 is 0 Å². The van der Waals surface area contributed by atoms with E-state index in [0.717, 1.165) is 25.7 Å². The lowest BCUT2D eigenvalue weighted by atomic mass is 10.1. The molecule has 2 nitrogen and oxygen atoms in total. The third-order valence-corrected chi connectivity index (χ3v) is 2.90. The van der Waals surface area contributed by atoms with E-state index in [9.17, 15) is 4.79 Å². The molecular formula is C17H30O2. The summed E-state index contributed by atoms with van der Waals surface area (Å²) in [7, 11) is 0. The first kappa shape index (κ1) is 17.9. The largest absolute Gasteiger partial charge is 0.466 e. The zero-order valence-corrected chi connectivity index (χ0v) is 12.7. The van der Waals surface area contributed by atoms with Crippen molar-refractivity contribution in [3.63, 3.8) is 0 Å². The Morgan fingerprint density at radius 2 is 1.53 bits per heavy atom. The Kier molecular flexibility index (Phi) is 14.2. The van der Waals surface area contributed by atoms with Gasteiger partial charge in [-0.3, -0.25) is 4.79 Å². The van der Waals surface area contributed by atoms with Crippen molar-refractivity contribution in [1.29, 1.82) is 0 Å². The third-order valence-electron chi connectivity index (χ3n) is 2.90. The summed E-state index contributed by atoms with van der Waals surface area (Å²) in [5.74, 6) is -0.175. The van der Waals surface area contributed by atoms with Crippen LogP contribution in [-0.4, -0.2) is 12.6 Å². The predicted octanol–water partition coefficient (Wildman–Crippen LogP) is 5.19. The molecule has 0 aromatic carbocycles. The van der Waals surface area contributed by atoms with Crippen LogP contribution in [0.5, 0.6) is 0 Å². The molecule has 0 aliphatic heterocycles. The van der Waals surface area contributed by atoms with E-state index in [0.29, 0.717) is 6.61 Å². The van der Waals surface area contributed by atoms with Crippen molar-refractivity contribution in [1.82, 2.24) is 0 Å². The number of hydrogen-bond acceptors (Lipinski definition) is 2. The molecule has 0 saturated heterocycles. The molecule has 0 unspecified atom stereocenters. The molecule has 0 spiro atoms. The Labute approximate surface area is 118 Å². The minimum atomic E-state index is -0.175. The quantitative estimate of drug-likeness (QED) is 0.276. The molecule has 0 fully saturated rings. The molecule has 0 N–H and O–H groups in total. The van der Waals surface area contributed by atoms with Crippen LogP contribution in [-0.2, 0) is 9.53 Å². The summed E-state index contributed by atoms with van der Waals surface area (Å²) >= 11 is 0. The number of carbonyl (C=O) groups excluding carboxylic acids is 1. The third kappa shape index (κ3) is 16.9. The van der Waals surface area contributed by atoms with Gasteiger partial charge in [0.15, 0.2) is 0 Å². The van der Waals surface area contributed by atoms with Crippen LogP contribution in [0.4, 0.5) is 0 Å². The van der Waals surface area contributed by atoms with Gasteiger partial charge in [-0.2, -0.15) is 0 Å². The maximum Gasteiger partial charge on any atom is 0.302 e. The zero-order valence-electron chi connectivity index (χ0n) is 12.7. The molecular weight excluding hydrogens is 236 g/mol. The lowest BCUT2D eigenvalue weighted by Gasteiger charge is -2.00. The molecule has 0 radical (unpaired) electrons. The SMILES string of the molecule is CCCCCC=CCC=CCCCCCOC(C)=O. The lowest BCUT2D eigenvalue weighted by Crippen LogP contribution is -1.99. The Morgan fingerprint density at radius 3 is 2.11 bits per heavy atom. The summed E-state index contributed by atoms with van der Waals surface area (Å²) in [6, 6.07) is 0. The highest BCUT2D eigenvalue weighted by atomic mass is 16.5. The summed E-state index contributed by atoms with van der Waals surface area (Å²) < 4.78 is 4.88. The molecule has 0 aromatic rings. The molecule has 0 bridgehead atoms. The van der Waals surface area contributed by atoms with Crippen molar-refractivity contribution in [2.75, 3.05) is 6.61 Å². The van der Waals surface area contributed by atoms with Crippen LogP contribution < -0.4 is 0 Å². The van der Waals surface area contributed by atoms with E-state index in [-0.39, 0.29) is 5.97 Å². The number of hydrogen-bond donors (Lipinski definition) is 0. The number of ether oxygens (including phenoxy) is 1. The van der Waals surface area contributed by atoms with Crippen LogP contribution in [0.1, 0.15) is 71.6 Å². The maximum absolute atomic E-state index is 10.5. The van der Waals surface area contributed by atoms with E-state index >= 15 is 0 Å². The van der Waals surface area contributed by atoms with Gasteiger partial charge in [0.05, 0.1) is 6.61 Å². The second kappa shape index (κ2) is 15.0. The molecule has 0 rings (SSSR count). The first-order valence-corrected chi connectivity index (χ1v) is 7.70. The van der Waals surface area contributed by atoms with Gasteiger partial charge in [-0.25, -0.2) is 0 Å². The summed E-state index contributed by atoms with van der Waals surface area (Å²) in [5, 5.41) is 0. The fourth-order valence-electron chi connectivity index (χ4n) is 1.78. The van der Waals surface area contributed by atoms with Gasteiger partial charge >= 0.3 is 5.97 Å². The molecule has 0 heterocycles. The average molecular weight is 266 g/mol. The molecule has 110 valence electrons. The van der Waals surface area contributed by atoms with E-state index in [2.05, 4.69) is 31.2 Å².